The number of nitro groups is 2. The van der Waals surface area contributed by atoms with E-state index >= 15 is 0 Å². The van der Waals surface area contributed by atoms with Gasteiger partial charge in [0.15, 0.2) is 5.16 Å². The van der Waals surface area contributed by atoms with Crippen LogP contribution in [0.5, 0.6) is 0 Å². The highest BCUT2D eigenvalue weighted by Crippen LogP contribution is 2.33. The molecule has 0 radical (unpaired) electrons. The smallest absolute Gasteiger partial charge is 0.277 e. The number of imidazole rings is 1. The van der Waals surface area contributed by atoms with E-state index in [1.807, 2.05) is 18.2 Å². The van der Waals surface area contributed by atoms with Crippen LogP contribution in [0.15, 0.2) is 46.5 Å². The van der Waals surface area contributed by atoms with E-state index in [0.29, 0.717) is 10.1 Å². The third kappa shape index (κ3) is 3.42. The first-order chi connectivity index (χ1) is 10.9. The lowest BCUT2D eigenvalue weighted by molar-refractivity contribution is -0.394. The van der Waals surface area contributed by atoms with Gasteiger partial charge in [0.25, 0.3) is 11.4 Å². The van der Waals surface area contributed by atoms with Crippen molar-refractivity contribution in [2.45, 2.75) is 10.1 Å². The molecule has 0 bridgehead atoms. The van der Waals surface area contributed by atoms with Gasteiger partial charge in [-0.1, -0.05) is 11.8 Å². The van der Waals surface area contributed by atoms with Crippen LogP contribution in [0.25, 0.3) is 11.0 Å². The van der Waals surface area contributed by atoms with Crippen molar-refractivity contribution in [3.05, 3.63) is 60.2 Å². The summed E-state index contributed by atoms with van der Waals surface area (Å²) in [6.45, 7) is 0. The summed E-state index contributed by atoms with van der Waals surface area (Å²) in [5.41, 5.74) is 0.937. The van der Waals surface area contributed by atoms with Gasteiger partial charge in [0.05, 0.1) is 26.9 Å². The van der Waals surface area contributed by atoms with Crippen LogP contribution >= 0.6 is 34.4 Å². The van der Waals surface area contributed by atoms with Crippen LogP contribution in [-0.2, 0) is 0 Å². The molecule has 1 aromatic heterocycles. The van der Waals surface area contributed by atoms with Crippen molar-refractivity contribution in [2.75, 3.05) is 0 Å². The second-order valence-corrected chi connectivity index (χ2v) is 6.81. The molecule has 1 heterocycles. The van der Waals surface area contributed by atoms with Crippen LogP contribution in [-0.4, -0.2) is 19.8 Å². The number of fused-ring (bicyclic) bond motifs is 1. The fourth-order valence-electron chi connectivity index (χ4n) is 1.96. The zero-order chi connectivity index (χ0) is 16.6. The molecular formula is C13H7IN4O4S. The molecule has 0 spiro atoms. The first-order valence-corrected chi connectivity index (χ1v) is 8.09. The van der Waals surface area contributed by atoms with E-state index in [1.54, 1.807) is 0 Å². The number of aromatic amines is 1. The topological polar surface area (TPSA) is 115 Å². The quantitative estimate of drug-likeness (QED) is 0.369. The Balaban J connectivity index is 2.00. The van der Waals surface area contributed by atoms with Crippen molar-refractivity contribution < 1.29 is 9.85 Å². The van der Waals surface area contributed by atoms with Crippen molar-refractivity contribution in [3.8, 4) is 0 Å². The van der Waals surface area contributed by atoms with Crippen LogP contribution in [0.3, 0.4) is 0 Å². The maximum absolute atomic E-state index is 10.9. The molecule has 0 aliphatic rings. The minimum atomic E-state index is -0.655. The summed E-state index contributed by atoms with van der Waals surface area (Å²) < 4.78 is 1.04. The van der Waals surface area contributed by atoms with Gasteiger partial charge >= 0.3 is 0 Å². The molecule has 0 unspecified atom stereocenters. The molecule has 23 heavy (non-hydrogen) atoms. The number of H-pyrrole nitrogens is 1. The lowest BCUT2D eigenvalue weighted by Crippen LogP contribution is -1.93. The first-order valence-electron chi connectivity index (χ1n) is 6.19. The molecule has 0 aliphatic carbocycles. The standard InChI is InChI=1S/C13H7IN4O4S/c14-7-1-2-11-12(3-7)16-13(15-11)23-10-5-8(17(19)20)4-9(6-10)18(21)22/h1-6H,(H,15,16). The Bertz CT molecular complexity index is 911. The van der Waals surface area contributed by atoms with Crippen molar-refractivity contribution >= 4 is 56.8 Å². The van der Waals surface area contributed by atoms with Gasteiger partial charge in [-0.3, -0.25) is 20.2 Å². The minimum absolute atomic E-state index is 0.327. The molecule has 8 nitrogen and oxygen atoms in total. The maximum Gasteiger partial charge on any atom is 0.277 e. The molecular weight excluding hydrogens is 435 g/mol. The highest BCUT2D eigenvalue weighted by Gasteiger charge is 2.17. The molecule has 3 rings (SSSR count). The molecule has 116 valence electrons. The number of nitrogens with zero attached hydrogens (tertiary/aromatic N) is 3. The van der Waals surface area contributed by atoms with Gasteiger partial charge in [0.2, 0.25) is 0 Å². The summed E-state index contributed by atoms with van der Waals surface area (Å²) in [5.74, 6) is 0. The zero-order valence-corrected chi connectivity index (χ0v) is 14.2. The number of nitrogens with one attached hydrogen (secondary N) is 1. The van der Waals surface area contributed by atoms with Gasteiger partial charge in [-0.15, -0.1) is 0 Å². The molecule has 1 N–H and O–H groups in total. The predicted octanol–water partition coefficient (Wildman–Crippen LogP) is 4.14. The molecule has 3 aromatic rings. The van der Waals surface area contributed by atoms with Gasteiger partial charge in [0, 0.05) is 20.6 Å². The number of aromatic nitrogens is 2. The summed E-state index contributed by atoms with van der Waals surface area (Å²) in [7, 11) is 0. The van der Waals surface area contributed by atoms with Crippen LogP contribution < -0.4 is 0 Å². The van der Waals surface area contributed by atoms with Crippen LogP contribution in [0.2, 0.25) is 0 Å². The van der Waals surface area contributed by atoms with Gasteiger partial charge < -0.3 is 4.98 Å². The number of hydrogen-bond donors (Lipinski definition) is 1. The highest BCUT2D eigenvalue weighted by molar-refractivity contribution is 14.1. The number of non-ortho nitro benzene ring substituents is 2. The largest absolute Gasteiger partial charge is 0.333 e. The maximum atomic E-state index is 10.9. The Kier molecular flexibility index (Phi) is 4.17. The lowest BCUT2D eigenvalue weighted by atomic mass is 10.3. The van der Waals surface area contributed by atoms with Crippen LogP contribution in [0.1, 0.15) is 0 Å². The zero-order valence-electron chi connectivity index (χ0n) is 11.2. The van der Waals surface area contributed by atoms with Gasteiger partial charge in [-0.2, -0.15) is 0 Å². The SMILES string of the molecule is O=[N+]([O-])c1cc(Sc2nc3ccc(I)cc3[nH]2)cc([N+](=O)[O-])c1. The highest BCUT2D eigenvalue weighted by atomic mass is 127. The number of halogens is 1. The van der Waals surface area contributed by atoms with E-state index < -0.39 is 9.85 Å². The summed E-state index contributed by atoms with van der Waals surface area (Å²) in [4.78, 5) is 28.3. The van der Waals surface area contributed by atoms with E-state index in [4.69, 9.17) is 0 Å². The first kappa shape index (κ1) is 15.7. The monoisotopic (exact) mass is 442 g/mol. The Morgan fingerprint density at radius 3 is 2.30 bits per heavy atom. The normalized spacial score (nSPS) is 10.8. The summed E-state index contributed by atoms with van der Waals surface area (Å²) >= 11 is 3.28. The summed E-state index contributed by atoms with van der Waals surface area (Å²) in [6, 6.07) is 9.20. The molecule has 0 aliphatic heterocycles. The lowest BCUT2D eigenvalue weighted by Gasteiger charge is -1.99. The summed E-state index contributed by atoms with van der Waals surface area (Å²) in [5, 5.41) is 22.3. The Morgan fingerprint density at radius 1 is 1.04 bits per heavy atom. The number of benzene rings is 2. The average molecular weight is 442 g/mol. The van der Waals surface area contributed by atoms with E-state index in [0.717, 1.165) is 32.4 Å². The number of hydrogen-bond acceptors (Lipinski definition) is 6. The predicted molar refractivity (Wildman–Crippen MR) is 92.7 cm³/mol. The van der Waals surface area contributed by atoms with Crippen LogP contribution in [0, 0.1) is 23.8 Å². The van der Waals surface area contributed by atoms with Crippen molar-refractivity contribution in [1.29, 1.82) is 0 Å². The summed E-state index contributed by atoms with van der Waals surface area (Å²) in [6.07, 6.45) is 0. The Hall–Kier alpha value is -2.21. The third-order valence-corrected chi connectivity index (χ3v) is 4.46. The number of nitro benzene ring substituents is 2. The van der Waals surface area contributed by atoms with Crippen molar-refractivity contribution in [2.24, 2.45) is 0 Å². The molecule has 0 atom stereocenters. The fraction of sp³-hybridized carbons (Fsp3) is 0. The fourth-order valence-corrected chi connectivity index (χ4v) is 3.33. The van der Waals surface area contributed by atoms with Crippen molar-refractivity contribution in [3.63, 3.8) is 0 Å². The second kappa shape index (κ2) is 6.12. The molecule has 2 aromatic carbocycles. The number of rotatable bonds is 4. The van der Waals surface area contributed by atoms with E-state index in [-0.39, 0.29) is 11.4 Å². The van der Waals surface area contributed by atoms with E-state index in [2.05, 4.69) is 32.6 Å². The van der Waals surface area contributed by atoms with Crippen LogP contribution in [0.4, 0.5) is 11.4 Å². The average Bonchev–Trinajstić information content (AvgIpc) is 2.87. The van der Waals surface area contributed by atoms with Crippen molar-refractivity contribution in [1.82, 2.24) is 9.97 Å². The second-order valence-electron chi connectivity index (χ2n) is 4.50. The molecule has 0 saturated carbocycles. The molecule has 0 amide bonds. The van der Waals surface area contributed by atoms with Gasteiger partial charge in [-0.05, 0) is 40.8 Å². The third-order valence-electron chi connectivity index (χ3n) is 2.93. The Labute approximate surface area is 146 Å². The van der Waals surface area contributed by atoms with Gasteiger partial charge in [0.1, 0.15) is 0 Å². The Morgan fingerprint density at radius 2 is 1.70 bits per heavy atom. The molecule has 10 heteroatoms. The molecule has 0 fully saturated rings. The molecule has 0 saturated heterocycles. The van der Waals surface area contributed by atoms with Gasteiger partial charge in [-0.25, -0.2) is 4.98 Å². The van der Waals surface area contributed by atoms with E-state index in [1.165, 1.54) is 12.1 Å². The van der Waals surface area contributed by atoms with E-state index in [9.17, 15) is 20.2 Å². The minimum Gasteiger partial charge on any atom is -0.333 e.